The molecule has 6 aromatic rings. The van der Waals surface area contributed by atoms with Gasteiger partial charge in [-0.3, -0.25) is 4.98 Å². The van der Waals surface area contributed by atoms with Crippen LogP contribution in [0.1, 0.15) is 23.5 Å². The van der Waals surface area contributed by atoms with E-state index in [2.05, 4.69) is 93.8 Å². The second-order valence-electron chi connectivity index (χ2n) is 9.74. The van der Waals surface area contributed by atoms with Gasteiger partial charge in [0.05, 0.1) is 11.7 Å². The van der Waals surface area contributed by atoms with Crippen molar-refractivity contribution in [3.8, 4) is 17.2 Å². The Balaban J connectivity index is 1.30. The summed E-state index contributed by atoms with van der Waals surface area (Å²) >= 11 is 5.96. The summed E-state index contributed by atoms with van der Waals surface area (Å²) < 4.78 is 8.30. The largest absolute Gasteiger partial charge is 0.457 e. The van der Waals surface area contributed by atoms with Gasteiger partial charge in [0.2, 0.25) is 0 Å². The SMILES string of the molecule is S=C1N[C@@H](c2ccccn2)[C@H](c2cccn2-c2ccc3ccccc3c2)N1c1ccc(Oc2ccccc2)cc1. The number of ether oxygens (including phenoxy) is 1. The van der Waals surface area contributed by atoms with Crippen molar-refractivity contribution in [3.63, 3.8) is 0 Å². The van der Waals surface area contributed by atoms with E-state index in [9.17, 15) is 0 Å². The summed E-state index contributed by atoms with van der Waals surface area (Å²) in [5, 5.41) is 6.64. The third-order valence-corrected chi connectivity index (χ3v) is 7.60. The zero-order chi connectivity index (χ0) is 26.9. The summed E-state index contributed by atoms with van der Waals surface area (Å²) in [5.41, 5.74) is 4.13. The number of hydrogen-bond donors (Lipinski definition) is 1. The minimum Gasteiger partial charge on any atom is -0.457 e. The molecule has 2 aromatic heterocycles. The van der Waals surface area contributed by atoms with Crippen molar-refractivity contribution in [2.45, 2.75) is 12.1 Å². The van der Waals surface area contributed by atoms with E-state index in [1.165, 1.54) is 10.8 Å². The van der Waals surface area contributed by atoms with Crippen LogP contribution in [0.3, 0.4) is 0 Å². The first-order valence-electron chi connectivity index (χ1n) is 13.2. The van der Waals surface area contributed by atoms with Crippen molar-refractivity contribution < 1.29 is 4.74 Å². The van der Waals surface area contributed by atoms with Crippen LogP contribution in [-0.4, -0.2) is 14.7 Å². The minimum absolute atomic E-state index is 0.134. The van der Waals surface area contributed by atoms with Gasteiger partial charge in [0.25, 0.3) is 0 Å². The number of nitrogens with zero attached hydrogens (tertiary/aromatic N) is 3. The predicted molar refractivity (Wildman–Crippen MR) is 164 cm³/mol. The highest BCUT2D eigenvalue weighted by Crippen LogP contribution is 2.42. The molecule has 194 valence electrons. The average molecular weight is 539 g/mol. The molecule has 0 bridgehead atoms. The lowest BCUT2D eigenvalue weighted by Crippen LogP contribution is -2.30. The maximum Gasteiger partial charge on any atom is 0.174 e. The first-order valence-corrected chi connectivity index (χ1v) is 13.7. The van der Waals surface area contributed by atoms with Gasteiger partial charge in [0, 0.05) is 29.5 Å². The summed E-state index contributed by atoms with van der Waals surface area (Å²) in [4.78, 5) is 6.90. The smallest absolute Gasteiger partial charge is 0.174 e. The molecule has 1 aliphatic heterocycles. The van der Waals surface area contributed by atoms with Crippen LogP contribution in [0.5, 0.6) is 11.5 Å². The van der Waals surface area contributed by atoms with Crippen LogP contribution < -0.4 is 15.0 Å². The van der Waals surface area contributed by atoms with Crippen molar-refractivity contribution in [2.24, 2.45) is 0 Å². The first kappa shape index (κ1) is 24.1. The molecule has 0 saturated carbocycles. The van der Waals surface area contributed by atoms with Crippen LogP contribution in [0.15, 0.2) is 140 Å². The highest BCUT2D eigenvalue weighted by molar-refractivity contribution is 7.80. The van der Waals surface area contributed by atoms with E-state index < -0.39 is 0 Å². The lowest BCUT2D eigenvalue weighted by atomic mass is 10.0. The summed E-state index contributed by atoms with van der Waals surface area (Å²) in [6.07, 6.45) is 3.95. The number of benzene rings is 4. The topological polar surface area (TPSA) is 42.3 Å². The fourth-order valence-electron chi connectivity index (χ4n) is 5.43. The van der Waals surface area contributed by atoms with Crippen LogP contribution >= 0.6 is 12.2 Å². The van der Waals surface area contributed by atoms with Crippen LogP contribution in [0.25, 0.3) is 16.5 Å². The normalized spacial score (nSPS) is 16.7. The van der Waals surface area contributed by atoms with E-state index >= 15 is 0 Å². The number of rotatable bonds is 6. The van der Waals surface area contributed by atoms with E-state index in [1.807, 2.05) is 60.8 Å². The fourth-order valence-corrected chi connectivity index (χ4v) is 5.78. The molecule has 1 N–H and O–H groups in total. The molecule has 1 aliphatic rings. The number of pyridine rings is 1. The number of fused-ring (bicyclic) bond motifs is 1. The quantitative estimate of drug-likeness (QED) is 0.218. The Labute approximate surface area is 238 Å². The Hall–Kier alpha value is -4.94. The van der Waals surface area contributed by atoms with Gasteiger partial charge in [-0.2, -0.15) is 0 Å². The maximum atomic E-state index is 6.04. The second kappa shape index (κ2) is 10.3. The predicted octanol–water partition coefficient (Wildman–Crippen LogP) is 7.99. The molecule has 40 heavy (non-hydrogen) atoms. The Morgan fingerprint density at radius 1 is 0.675 bits per heavy atom. The lowest BCUT2D eigenvalue weighted by molar-refractivity contribution is 0.482. The fraction of sp³-hybridized carbons (Fsp3) is 0.0588. The molecule has 1 fully saturated rings. The van der Waals surface area contributed by atoms with Crippen molar-refractivity contribution in [1.29, 1.82) is 0 Å². The van der Waals surface area contributed by atoms with E-state index in [4.69, 9.17) is 21.9 Å². The van der Waals surface area contributed by atoms with Crippen LogP contribution in [0.2, 0.25) is 0 Å². The number of anilines is 1. The van der Waals surface area contributed by atoms with Gasteiger partial charge < -0.3 is 19.5 Å². The first-order chi connectivity index (χ1) is 19.7. The van der Waals surface area contributed by atoms with Crippen molar-refractivity contribution in [3.05, 3.63) is 151 Å². The molecule has 0 radical (unpaired) electrons. The number of hydrogen-bond acceptors (Lipinski definition) is 3. The average Bonchev–Trinajstić information content (AvgIpc) is 3.63. The monoisotopic (exact) mass is 538 g/mol. The summed E-state index contributed by atoms with van der Waals surface area (Å²) in [6, 6.07) is 42.9. The van der Waals surface area contributed by atoms with Gasteiger partial charge in [0.1, 0.15) is 17.5 Å². The third kappa shape index (κ3) is 4.48. The molecule has 0 unspecified atom stereocenters. The molecule has 0 amide bonds. The van der Waals surface area contributed by atoms with Crippen molar-refractivity contribution in [2.75, 3.05) is 4.90 Å². The van der Waals surface area contributed by atoms with Gasteiger partial charge in [0.15, 0.2) is 5.11 Å². The Kier molecular flexibility index (Phi) is 6.22. The van der Waals surface area contributed by atoms with Gasteiger partial charge in [-0.15, -0.1) is 0 Å². The Morgan fingerprint density at radius 3 is 2.20 bits per heavy atom. The molecule has 4 aromatic carbocycles. The third-order valence-electron chi connectivity index (χ3n) is 7.29. The second-order valence-corrected chi connectivity index (χ2v) is 10.1. The van der Waals surface area contributed by atoms with Gasteiger partial charge in [-0.05, 0) is 95.8 Å². The summed E-state index contributed by atoms with van der Waals surface area (Å²) in [7, 11) is 0. The van der Waals surface area contributed by atoms with E-state index in [0.29, 0.717) is 5.11 Å². The number of aromatic nitrogens is 2. The molecule has 2 atom stereocenters. The molecule has 1 saturated heterocycles. The molecule has 6 heteroatoms. The molecule has 0 aliphatic carbocycles. The zero-order valence-corrected chi connectivity index (χ0v) is 22.4. The minimum atomic E-state index is -0.136. The molecule has 3 heterocycles. The zero-order valence-electron chi connectivity index (χ0n) is 21.6. The molecule has 5 nitrogen and oxygen atoms in total. The van der Waals surface area contributed by atoms with Gasteiger partial charge >= 0.3 is 0 Å². The molecular formula is C34H26N4OS. The lowest BCUT2D eigenvalue weighted by Gasteiger charge is -2.29. The highest BCUT2D eigenvalue weighted by atomic mass is 32.1. The van der Waals surface area contributed by atoms with Gasteiger partial charge in [-0.1, -0.05) is 54.6 Å². The van der Waals surface area contributed by atoms with Gasteiger partial charge in [-0.25, -0.2) is 0 Å². The van der Waals surface area contributed by atoms with Crippen LogP contribution in [0.4, 0.5) is 5.69 Å². The van der Waals surface area contributed by atoms with Crippen molar-refractivity contribution >= 4 is 33.8 Å². The van der Waals surface area contributed by atoms with Crippen molar-refractivity contribution in [1.82, 2.24) is 14.9 Å². The molecule has 7 rings (SSSR count). The number of thiocarbonyl (C=S) groups is 1. The summed E-state index contributed by atoms with van der Waals surface area (Å²) in [5.74, 6) is 1.57. The number of nitrogens with one attached hydrogen (secondary N) is 1. The highest BCUT2D eigenvalue weighted by Gasteiger charge is 2.42. The number of para-hydroxylation sites is 1. The maximum absolute atomic E-state index is 6.04. The van der Waals surface area contributed by atoms with Crippen LogP contribution in [0, 0.1) is 0 Å². The van der Waals surface area contributed by atoms with E-state index in [1.54, 1.807) is 0 Å². The Bertz CT molecular complexity index is 1780. The molecule has 0 spiro atoms. The Morgan fingerprint density at radius 2 is 1.40 bits per heavy atom. The van der Waals surface area contributed by atoms with E-state index in [0.717, 1.165) is 34.3 Å². The van der Waals surface area contributed by atoms with E-state index in [-0.39, 0.29) is 12.1 Å². The standard InChI is InChI=1S/C34H26N4OS/c40-34-36-32(30-13-6-7-21-35-30)33(38(34)26-17-19-29(20-18-26)39-28-11-2-1-3-12-28)31-14-8-22-37(31)27-16-15-24-9-4-5-10-25(24)23-27/h1-23,32-33H,(H,36,40)/t32-,33-/m0/s1. The summed E-state index contributed by atoms with van der Waals surface area (Å²) in [6.45, 7) is 0. The van der Waals surface area contributed by atoms with Crippen LogP contribution in [-0.2, 0) is 0 Å². The molecular weight excluding hydrogens is 512 g/mol.